The van der Waals surface area contributed by atoms with Gasteiger partial charge in [0.15, 0.2) is 5.78 Å². The second-order valence-electron chi connectivity index (χ2n) is 4.77. The molecule has 1 aliphatic rings. The molecule has 3 heteroatoms. The minimum Gasteiger partial charge on any atom is -0.294 e. The number of carbonyl (C=O) groups is 1. The molecule has 1 fully saturated rings. The molecule has 80 valence electrons. The van der Waals surface area contributed by atoms with Crippen molar-refractivity contribution in [2.24, 2.45) is 11.3 Å². The van der Waals surface area contributed by atoms with Crippen LogP contribution in [0.1, 0.15) is 30.6 Å². The molecular formula is C12H12F2O. The fraction of sp³-hybridized carbons (Fsp3) is 0.417. The van der Waals surface area contributed by atoms with Gasteiger partial charge in [-0.3, -0.25) is 4.79 Å². The smallest absolute Gasteiger partial charge is 0.166 e. The number of hydrogen-bond donors (Lipinski definition) is 0. The van der Waals surface area contributed by atoms with Gasteiger partial charge in [-0.15, -0.1) is 0 Å². The van der Waals surface area contributed by atoms with Crippen LogP contribution in [-0.4, -0.2) is 5.78 Å². The summed E-state index contributed by atoms with van der Waals surface area (Å²) in [5.41, 5.74) is 0.128. The molecule has 0 amide bonds. The van der Waals surface area contributed by atoms with E-state index in [1.165, 1.54) is 0 Å². The Labute approximate surface area is 87.1 Å². The van der Waals surface area contributed by atoms with E-state index in [4.69, 9.17) is 0 Å². The quantitative estimate of drug-likeness (QED) is 0.685. The number of carbonyl (C=O) groups excluding carboxylic acids is 1. The molecule has 0 bridgehead atoms. The molecule has 1 nitrogen and oxygen atoms in total. The van der Waals surface area contributed by atoms with E-state index in [1.54, 1.807) is 0 Å². The van der Waals surface area contributed by atoms with E-state index >= 15 is 0 Å². The molecule has 0 heterocycles. The van der Waals surface area contributed by atoms with Crippen molar-refractivity contribution in [3.63, 3.8) is 0 Å². The van der Waals surface area contributed by atoms with Crippen molar-refractivity contribution in [3.8, 4) is 0 Å². The fourth-order valence-corrected chi connectivity index (χ4v) is 1.81. The van der Waals surface area contributed by atoms with Crippen LogP contribution in [0.4, 0.5) is 8.78 Å². The van der Waals surface area contributed by atoms with Crippen molar-refractivity contribution >= 4 is 5.78 Å². The summed E-state index contributed by atoms with van der Waals surface area (Å²) in [7, 11) is 0. The van der Waals surface area contributed by atoms with E-state index in [-0.39, 0.29) is 22.7 Å². The van der Waals surface area contributed by atoms with Crippen LogP contribution < -0.4 is 0 Å². The molecule has 1 unspecified atom stereocenters. The maximum absolute atomic E-state index is 12.9. The molecule has 1 aromatic rings. The van der Waals surface area contributed by atoms with Crippen LogP contribution in [0.2, 0.25) is 0 Å². The molecule has 15 heavy (non-hydrogen) atoms. The lowest BCUT2D eigenvalue weighted by Gasteiger charge is -2.03. The minimum absolute atomic E-state index is 0.0140. The molecule has 1 aliphatic carbocycles. The van der Waals surface area contributed by atoms with E-state index in [0.717, 1.165) is 24.6 Å². The first-order chi connectivity index (χ1) is 6.90. The molecule has 0 radical (unpaired) electrons. The van der Waals surface area contributed by atoms with Gasteiger partial charge in [-0.1, -0.05) is 13.8 Å². The van der Waals surface area contributed by atoms with Gasteiger partial charge in [0.25, 0.3) is 0 Å². The average Bonchev–Trinajstić information content (AvgIpc) is 2.72. The second-order valence-corrected chi connectivity index (χ2v) is 4.77. The summed E-state index contributed by atoms with van der Waals surface area (Å²) in [5, 5.41) is 0. The summed E-state index contributed by atoms with van der Waals surface area (Å²) in [6, 6.07) is 2.97. The van der Waals surface area contributed by atoms with Gasteiger partial charge in [-0.2, -0.15) is 0 Å². The normalized spacial score (nSPS) is 22.5. The van der Waals surface area contributed by atoms with E-state index in [1.807, 2.05) is 13.8 Å². The van der Waals surface area contributed by atoms with E-state index in [0.29, 0.717) is 0 Å². The third-order valence-corrected chi connectivity index (χ3v) is 2.98. The summed E-state index contributed by atoms with van der Waals surface area (Å²) in [6.07, 6.45) is 0.796. The molecule has 1 saturated carbocycles. The number of Topliss-reactive ketones (excluding diaryl/α,β-unsaturated/α-hetero) is 1. The minimum atomic E-state index is -0.697. The summed E-state index contributed by atoms with van der Waals surface area (Å²) in [6.45, 7) is 3.95. The predicted octanol–water partition coefficient (Wildman–Crippen LogP) is 3.19. The molecule has 0 aliphatic heterocycles. The summed E-state index contributed by atoms with van der Waals surface area (Å²) >= 11 is 0. The maximum atomic E-state index is 12.9. The monoisotopic (exact) mass is 210 g/mol. The Hall–Kier alpha value is -1.25. The number of ketones is 1. The zero-order valence-electron chi connectivity index (χ0n) is 8.68. The molecule has 0 aromatic heterocycles. The molecule has 0 spiro atoms. The van der Waals surface area contributed by atoms with Crippen LogP contribution in [0.5, 0.6) is 0 Å². The van der Waals surface area contributed by atoms with Gasteiger partial charge < -0.3 is 0 Å². The second kappa shape index (κ2) is 3.12. The van der Waals surface area contributed by atoms with Gasteiger partial charge in [0, 0.05) is 17.5 Å². The first-order valence-corrected chi connectivity index (χ1v) is 4.90. The predicted molar refractivity (Wildman–Crippen MR) is 52.6 cm³/mol. The van der Waals surface area contributed by atoms with Crippen molar-refractivity contribution in [1.29, 1.82) is 0 Å². The summed E-state index contributed by atoms with van der Waals surface area (Å²) < 4.78 is 25.7. The Morgan fingerprint density at radius 3 is 2.13 bits per heavy atom. The molecule has 1 aromatic carbocycles. The van der Waals surface area contributed by atoms with Crippen molar-refractivity contribution in [2.75, 3.05) is 0 Å². The lowest BCUT2D eigenvalue weighted by atomic mass is 10.0. The standard InChI is InChI=1S/C12H12F2O/c1-12(2)6-10(12)11(15)7-3-8(13)5-9(14)4-7/h3-5,10H,6H2,1-2H3. The first-order valence-electron chi connectivity index (χ1n) is 4.90. The van der Waals surface area contributed by atoms with Crippen LogP contribution in [0.3, 0.4) is 0 Å². The van der Waals surface area contributed by atoms with Crippen molar-refractivity contribution in [2.45, 2.75) is 20.3 Å². The lowest BCUT2D eigenvalue weighted by molar-refractivity contribution is 0.0952. The summed E-state index contributed by atoms with van der Waals surface area (Å²) in [4.78, 5) is 11.8. The zero-order valence-corrected chi connectivity index (χ0v) is 8.68. The highest BCUT2D eigenvalue weighted by molar-refractivity contribution is 6.00. The Morgan fingerprint density at radius 2 is 1.73 bits per heavy atom. The number of benzene rings is 1. The van der Waals surface area contributed by atoms with Crippen molar-refractivity contribution < 1.29 is 13.6 Å². The van der Waals surface area contributed by atoms with Crippen LogP contribution in [0.15, 0.2) is 18.2 Å². The highest BCUT2D eigenvalue weighted by Gasteiger charge is 2.50. The third kappa shape index (κ3) is 1.91. The molecule has 0 N–H and O–H groups in total. The van der Waals surface area contributed by atoms with Gasteiger partial charge in [0.2, 0.25) is 0 Å². The highest BCUT2D eigenvalue weighted by atomic mass is 19.1. The van der Waals surface area contributed by atoms with Crippen LogP contribution in [-0.2, 0) is 0 Å². The van der Waals surface area contributed by atoms with Crippen molar-refractivity contribution in [3.05, 3.63) is 35.4 Å². The van der Waals surface area contributed by atoms with Crippen LogP contribution in [0.25, 0.3) is 0 Å². The Morgan fingerprint density at radius 1 is 1.27 bits per heavy atom. The van der Waals surface area contributed by atoms with Gasteiger partial charge in [0.1, 0.15) is 11.6 Å². The SMILES string of the molecule is CC1(C)CC1C(=O)c1cc(F)cc(F)c1. The molecule has 1 atom stereocenters. The molecular weight excluding hydrogens is 198 g/mol. The summed E-state index contributed by atoms with van der Waals surface area (Å²) in [5.74, 6) is -1.63. The zero-order chi connectivity index (χ0) is 11.2. The van der Waals surface area contributed by atoms with E-state index in [9.17, 15) is 13.6 Å². The number of rotatable bonds is 2. The van der Waals surface area contributed by atoms with E-state index < -0.39 is 11.6 Å². The fourth-order valence-electron chi connectivity index (χ4n) is 1.81. The Bertz CT molecular complexity index is 403. The lowest BCUT2D eigenvalue weighted by Crippen LogP contribution is -2.07. The molecule has 0 saturated heterocycles. The topological polar surface area (TPSA) is 17.1 Å². The number of halogens is 2. The largest absolute Gasteiger partial charge is 0.294 e. The van der Waals surface area contributed by atoms with Crippen LogP contribution >= 0.6 is 0 Å². The molecule has 2 rings (SSSR count). The van der Waals surface area contributed by atoms with Crippen molar-refractivity contribution in [1.82, 2.24) is 0 Å². The van der Waals surface area contributed by atoms with Gasteiger partial charge in [-0.25, -0.2) is 8.78 Å². The number of hydrogen-bond acceptors (Lipinski definition) is 1. The average molecular weight is 210 g/mol. The highest BCUT2D eigenvalue weighted by Crippen LogP contribution is 2.53. The Balaban J connectivity index is 2.27. The van der Waals surface area contributed by atoms with Gasteiger partial charge >= 0.3 is 0 Å². The van der Waals surface area contributed by atoms with Crippen LogP contribution in [0, 0.1) is 23.0 Å². The van der Waals surface area contributed by atoms with Gasteiger partial charge in [0.05, 0.1) is 0 Å². The Kier molecular flexibility index (Phi) is 2.14. The first kappa shape index (κ1) is 10.3. The van der Waals surface area contributed by atoms with Gasteiger partial charge in [-0.05, 0) is 24.0 Å². The van der Waals surface area contributed by atoms with E-state index in [2.05, 4.69) is 0 Å². The third-order valence-electron chi connectivity index (χ3n) is 2.98. The maximum Gasteiger partial charge on any atom is 0.166 e.